The number of ether oxygens (including phenoxy) is 1. The lowest BCUT2D eigenvalue weighted by Crippen LogP contribution is -2.46. The second kappa shape index (κ2) is 11.4. The van der Waals surface area contributed by atoms with Gasteiger partial charge in [-0.3, -0.25) is 9.69 Å². The minimum absolute atomic E-state index is 0.157. The highest BCUT2D eigenvalue weighted by Crippen LogP contribution is 2.23. The number of carbonyl (C=O) groups excluding carboxylic acids is 1. The third kappa shape index (κ3) is 6.42. The summed E-state index contributed by atoms with van der Waals surface area (Å²) in [5.41, 5.74) is 6.54. The largest absolute Gasteiger partial charge is 0.496 e. The first-order chi connectivity index (χ1) is 16.6. The van der Waals surface area contributed by atoms with Crippen molar-refractivity contribution in [3.8, 4) is 5.75 Å². The number of carbonyl (C=O) groups is 1. The second-order valence-corrected chi connectivity index (χ2v) is 8.27. The minimum Gasteiger partial charge on any atom is -0.496 e. The molecule has 0 aromatic heterocycles. The van der Waals surface area contributed by atoms with Crippen molar-refractivity contribution in [1.29, 1.82) is 0 Å². The Morgan fingerprint density at radius 1 is 1.03 bits per heavy atom. The molecule has 0 radical (unpaired) electrons. The topological polar surface area (TPSA) is 57.2 Å². The Hall–Kier alpha value is -3.71. The van der Waals surface area contributed by atoms with Crippen molar-refractivity contribution in [3.05, 3.63) is 95.3 Å². The summed E-state index contributed by atoms with van der Waals surface area (Å²) in [6, 6.07) is 22.1. The first-order valence-electron chi connectivity index (χ1n) is 11.4. The first-order valence-corrected chi connectivity index (χ1v) is 11.4. The maximum absolute atomic E-state index is 13.2. The molecule has 0 aliphatic carbocycles. The molecule has 0 spiro atoms. The highest BCUT2D eigenvalue weighted by Gasteiger charge is 2.19. The highest BCUT2D eigenvalue weighted by atomic mass is 19.1. The molecule has 1 amide bonds. The summed E-state index contributed by atoms with van der Waals surface area (Å²) in [5.74, 6) is 0.454. The summed E-state index contributed by atoms with van der Waals surface area (Å²) in [4.78, 5) is 16.8. The predicted octanol–water partition coefficient (Wildman–Crippen LogP) is 3.85. The first kappa shape index (κ1) is 23.4. The van der Waals surface area contributed by atoms with E-state index in [0.717, 1.165) is 60.9 Å². The maximum Gasteiger partial charge on any atom is 0.244 e. The van der Waals surface area contributed by atoms with Crippen molar-refractivity contribution in [2.45, 2.75) is 13.0 Å². The fourth-order valence-corrected chi connectivity index (χ4v) is 4.06. The number of piperazine rings is 1. The van der Waals surface area contributed by atoms with Crippen LogP contribution in [-0.2, 0) is 17.8 Å². The molecule has 1 heterocycles. The van der Waals surface area contributed by atoms with Crippen LogP contribution in [0.3, 0.4) is 0 Å². The number of hydrogen-bond acceptors (Lipinski definition) is 5. The molecule has 6 nitrogen and oxygen atoms in total. The molecule has 7 heteroatoms. The van der Waals surface area contributed by atoms with Crippen molar-refractivity contribution >= 4 is 17.8 Å². The van der Waals surface area contributed by atoms with Gasteiger partial charge in [-0.05, 0) is 53.6 Å². The molecule has 1 saturated heterocycles. The average molecular weight is 461 g/mol. The smallest absolute Gasteiger partial charge is 0.244 e. The Kier molecular flexibility index (Phi) is 7.88. The molecule has 1 aliphatic heterocycles. The summed E-state index contributed by atoms with van der Waals surface area (Å²) in [6.45, 7) is 4.30. The molecule has 1 aliphatic rings. The molecule has 1 fully saturated rings. The Balaban J connectivity index is 1.33. The van der Waals surface area contributed by atoms with Gasteiger partial charge in [0.2, 0.25) is 5.91 Å². The van der Waals surface area contributed by atoms with Crippen LogP contribution >= 0.6 is 0 Å². The van der Waals surface area contributed by atoms with Gasteiger partial charge in [0.25, 0.3) is 0 Å². The number of hydrogen-bond donors (Lipinski definition) is 1. The van der Waals surface area contributed by atoms with Crippen LogP contribution in [0.15, 0.2) is 77.9 Å². The number of nitrogens with one attached hydrogen (secondary N) is 1. The third-order valence-electron chi connectivity index (χ3n) is 5.87. The van der Waals surface area contributed by atoms with Crippen LogP contribution in [0.25, 0.3) is 0 Å². The van der Waals surface area contributed by atoms with Gasteiger partial charge in [-0.2, -0.15) is 5.10 Å². The van der Waals surface area contributed by atoms with E-state index in [1.807, 2.05) is 60.7 Å². The molecule has 34 heavy (non-hydrogen) atoms. The predicted molar refractivity (Wildman–Crippen MR) is 133 cm³/mol. The number of halogens is 1. The van der Waals surface area contributed by atoms with E-state index in [1.54, 1.807) is 13.3 Å². The fourth-order valence-electron chi connectivity index (χ4n) is 4.06. The van der Waals surface area contributed by atoms with E-state index in [1.165, 1.54) is 12.1 Å². The SMILES string of the molecule is COc1ccc(/C=N/NC(=O)Cc2ccccc2)cc1CN1CCN(c2ccc(F)cc2)CC1. The summed E-state index contributed by atoms with van der Waals surface area (Å²) < 4.78 is 18.8. The standard InChI is InChI=1S/C27H29FN4O2/c1-34-26-12-7-22(19-29-30-27(33)18-21-5-3-2-4-6-21)17-23(26)20-31-13-15-32(16-14-31)25-10-8-24(28)9-11-25/h2-12,17,19H,13-16,18,20H2,1H3,(H,30,33)/b29-19+. The number of anilines is 1. The van der Waals surface area contributed by atoms with E-state index < -0.39 is 0 Å². The number of nitrogens with zero attached hydrogens (tertiary/aromatic N) is 3. The van der Waals surface area contributed by atoms with Gasteiger partial charge in [0.1, 0.15) is 11.6 Å². The van der Waals surface area contributed by atoms with Gasteiger partial charge < -0.3 is 9.64 Å². The van der Waals surface area contributed by atoms with Crippen molar-refractivity contribution in [2.75, 3.05) is 38.2 Å². The molecule has 3 aromatic carbocycles. The summed E-state index contributed by atoms with van der Waals surface area (Å²) in [5, 5.41) is 4.12. The van der Waals surface area contributed by atoms with Gasteiger partial charge in [0.15, 0.2) is 0 Å². The second-order valence-electron chi connectivity index (χ2n) is 8.27. The summed E-state index contributed by atoms with van der Waals surface area (Å²) in [6.07, 6.45) is 1.94. The van der Waals surface area contributed by atoms with Gasteiger partial charge in [-0.25, -0.2) is 9.82 Å². The van der Waals surface area contributed by atoms with Crippen LogP contribution < -0.4 is 15.1 Å². The van der Waals surface area contributed by atoms with Crippen LogP contribution in [0.1, 0.15) is 16.7 Å². The van der Waals surface area contributed by atoms with Crippen LogP contribution in [0, 0.1) is 5.82 Å². The highest BCUT2D eigenvalue weighted by molar-refractivity contribution is 5.83. The van der Waals surface area contributed by atoms with E-state index in [-0.39, 0.29) is 18.1 Å². The van der Waals surface area contributed by atoms with Crippen molar-refractivity contribution < 1.29 is 13.9 Å². The third-order valence-corrected chi connectivity index (χ3v) is 5.87. The van der Waals surface area contributed by atoms with E-state index >= 15 is 0 Å². The monoisotopic (exact) mass is 460 g/mol. The Morgan fingerprint density at radius 2 is 1.76 bits per heavy atom. The van der Waals surface area contributed by atoms with E-state index in [0.29, 0.717) is 0 Å². The number of benzene rings is 3. The van der Waals surface area contributed by atoms with E-state index in [4.69, 9.17) is 4.74 Å². The van der Waals surface area contributed by atoms with Crippen LogP contribution in [0.4, 0.5) is 10.1 Å². The molecular weight excluding hydrogens is 431 g/mol. The molecule has 0 atom stereocenters. The number of methoxy groups -OCH3 is 1. The lowest BCUT2D eigenvalue weighted by atomic mass is 10.1. The number of amides is 1. The zero-order chi connectivity index (χ0) is 23.8. The molecule has 0 saturated carbocycles. The molecule has 3 aromatic rings. The van der Waals surface area contributed by atoms with Gasteiger partial charge in [0.05, 0.1) is 19.7 Å². The van der Waals surface area contributed by atoms with Crippen LogP contribution in [0.2, 0.25) is 0 Å². The maximum atomic E-state index is 13.2. The molecule has 176 valence electrons. The Morgan fingerprint density at radius 3 is 2.47 bits per heavy atom. The van der Waals surface area contributed by atoms with E-state index in [9.17, 15) is 9.18 Å². The zero-order valence-electron chi connectivity index (χ0n) is 19.3. The molecule has 4 rings (SSSR count). The van der Waals surface area contributed by atoms with Crippen LogP contribution in [-0.4, -0.2) is 50.3 Å². The Bertz CT molecular complexity index is 1110. The van der Waals surface area contributed by atoms with Crippen LogP contribution in [0.5, 0.6) is 5.75 Å². The quantitative estimate of drug-likeness (QED) is 0.410. The molecule has 0 bridgehead atoms. The number of rotatable bonds is 8. The number of hydrazone groups is 1. The molecule has 0 unspecified atom stereocenters. The van der Waals surface area contributed by atoms with Crippen molar-refractivity contribution in [3.63, 3.8) is 0 Å². The van der Waals surface area contributed by atoms with Gasteiger partial charge in [-0.15, -0.1) is 0 Å². The lowest BCUT2D eigenvalue weighted by molar-refractivity contribution is -0.120. The summed E-state index contributed by atoms with van der Waals surface area (Å²) >= 11 is 0. The average Bonchev–Trinajstić information content (AvgIpc) is 2.86. The summed E-state index contributed by atoms with van der Waals surface area (Å²) in [7, 11) is 1.67. The zero-order valence-corrected chi connectivity index (χ0v) is 19.3. The van der Waals surface area contributed by atoms with Crippen molar-refractivity contribution in [2.24, 2.45) is 5.10 Å². The minimum atomic E-state index is -0.214. The van der Waals surface area contributed by atoms with Gasteiger partial charge >= 0.3 is 0 Å². The fraction of sp³-hybridized carbons (Fsp3) is 0.259. The molecular formula is C27H29FN4O2. The van der Waals surface area contributed by atoms with Crippen molar-refractivity contribution in [1.82, 2.24) is 10.3 Å². The van der Waals surface area contributed by atoms with Gasteiger partial charge in [0, 0.05) is 44.0 Å². The normalized spacial score (nSPS) is 14.4. The Labute approximate surface area is 199 Å². The molecule has 1 N–H and O–H groups in total. The lowest BCUT2D eigenvalue weighted by Gasteiger charge is -2.36. The van der Waals surface area contributed by atoms with Gasteiger partial charge in [-0.1, -0.05) is 30.3 Å². The van der Waals surface area contributed by atoms with E-state index in [2.05, 4.69) is 20.3 Å².